The lowest BCUT2D eigenvalue weighted by atomic mass is 9.90. The monoisotopic (exact) mass is 306 g/mol. The zero-order chi connectivity index (χ0) is 15.9. The molecule has 2 aliphatic carbocycles. The van der Waals surface area contributed by atoms with Crippen LogP contribution in [0.1, 0.15) is 38.2 Å². The van der Waals surface area contributed by atoms with Crippen LogP contribution in [-0.2, 0) is 4.79 Å². The van der Waals surface area contributed by atoms with E-state index in [1.54, 1.807) is 6.21 Å². The molecule has 3 nitrogen and oxygen atoms in total. The highest BCUT2D eigenvalue weighted by molar-refractivity contribution is 6.00. The molecule has 3 atom stereocenters. The van der Waals surface area contributed by atoms with Crippen molar-refractivity contribution < 1.29 is 4.79 Å². The molecule has 2 aliphatic rings. The standard InChI is InChI=1S/C20H22N2O/c1-20-12-5-4-11-17(20)18(20)19(23)22-21-13-15-9-6-8-14-7-2-3-10-16(14)15/h2-3,6-10,13,17-18H,4-5,11-12H2,1H3,(H,22,23)/b21-13+/t17-,18-,20-/m0/s1. The summed E-state index contributed by atoms with van der Waals surface area (Å²) in [6.45, 7) is 2.26. The minimum absolute atomic E-state index is 0.0934. The fourth-order valence-corrected chi connectivity index (χ4v) is 4.45. The number of hydrazone groups is 1. The lowest BCUT2D eigenvalue weighted by Crippen LogP contribution is -2.22. The quantitative estimate of drug-likeness (QED) is 0.672. The van der Waals surface area contributed by atoms with Crippen molar-refractivity contribution >= 4 is 22.9 Å². The molecule has 1 N–H and O–H groups in total. The van der Waals surface area contributed by atoms with Gasteiger partial charge in [0.05, 0.1) is 6.21 Å². The van der Waals surface area contributed by atoms with E-state index in [1.807, 2.05) is 24.3 Å². The number of hydrogen-bond acceptors (Lipinski definition) is 2. The Balaban J connectivity index is 1.46. The summed E-state index contributed by atoms with van der Waals surface area (Å²) in [4.78, 5) is 12.4. The van der Waals surface area contributed by atoms with Crippen molar-refractivity contribution in [2.24, 2.45) is 22.4 Å². The molecule has 1 amide bonds. The molecule has 0 aliphatic heterocycles. The molecule has 0 radical (unpaired) electrons. The Labute approximate surface area is 136 Å². The Morgan fingerprint density at radius 2 is 2.04 bits per heavy atom. The highest BCUT2D eigenvalue weighted by Crippen LogP contribution is 2.66. The number of benzene rings is 2. The van der Waals surface area contributed by atoms with Crippen molar-refractivity contribution in [1.82, 2.24) is 5.43 Å². The number of fused-ring (bicyclic) bond motifs is 2. The molecule has 0 saturated heterocycles. The van der Waals surface area contributed by atoms with Gasteiger partial charge in [0.1, 0.15) is 0 Å². The summed E-state index contributed by atoms with van der Waals surface area (Å²) in [5, 5.41) is 6.55. The molecule has 0 heterocycles. The summed E-state index contributed by atoms with van der Waals surface area (Å²) in [6, 6.07) is 14.3. The summed E-state index contributed by atoms with van der Waals surface area (Å²) in [7, 11) is 0. The third-order valence-electron chi connectivity index (χ3n) is 5.82. The molecule has 0 unspecified atom stereocenters. The first-order chi connectivity index (χ1) is 11.2. The number of nitrogens with zero attached hydrogens (tertiary/aromatic N) is 1. The largest absolute Gasteiger partial charge is 0.273 e. The van der Waals surface area contributed by atoms with Gasteiger partial charge < -0.3 is 0 Å². The van der Waals surface area contributed by atoms with Crippen molar-refractivity contribution in [3.05, 3.63) is 48.0 Å². The number of carbonyl (C=O) groups is 1. The number of rotatable bonds is 3. The molecule has 0 bridgehead atoms. The Morgan fingerprint density at radius 1 is 1.22 bits per heavy atom. The van der Waals surface area contributed by atoms with Crippen LogP contribution in [0.5, 0.6) is 0 Å². The first-order valence-corrected chi connectivity index (χ1v) is 8.51. The number of hydrogen-bond donors (Lipinski definition) is 1. The molecule has 4 rings (SSSR count). The second-order valence-corrected chi connectivity index (χ2v) is 7.14. The van der Waals surface area contributed by atoms with E-state index in [1.165, 1.54) is 31.1 Å². The van der Waals surface area contributed by atoms with E-state index < -0.39 is 0 Å². The van der Waals surface area contributed by atoms with Crippen molar-refractivity contribution in [2.45, 2.75) is 32.6 Å². The molecular formula is C20H22N2O. The summed E-state index contributed by atoms with van der Waals surface area (Å²) >= 11 is 0. The third kappa shape index (κ3) is 2.44. The van der Waals surface area contributed by atoms with Crippen LogP contribution < -0.4 is 5.43 Å². The lowest BCUT2D eigenvalue weighted by molar-refractivity contribution is -0.123. The molecule has 0 spiro atoms. The first-order valence-electron chi connectivity index (χ1n) is 8.51. The Kier molecular flexibility index (Phi) is 3.44. The number of nitrogens with one attached hydrogen (secondary N) is 1. The summed E-state index contributed by atoms with van der Waals surface area (Å²) in [5.74, 6) is 0.828. The molecule has 2 saturated carbocycles. The molecule has 2 aromatic rings. The van der Waals surface area contributed by atoms with Crippen molar-refractivity contribution in [3.63, 3.8) is 0 Å². The van der Waals surface area contributed by atoms with E-state index in [-0.39, 0.29) is 17.2 Å². The molecule has 118 valence electrons. The predicted octanol–water partition coefficient (Wildman–Crippen LogP) is 4.12. The van der Waals surface area contributed by atoms with Crippen LogP contribution in [0.2, 0.25) is 0 Å². The van der Waals surface area contributed by atoms with Gasteiger partial charge in [-0.05, 0) is 34.9 Å². The Morgan fingerprint density at radius 3 is 2.87 bits per heavy atom. The minimum atomic E-state index is 0.0934. The second-order valence-electron chi connectivity index (χ2n) is 7.14. The van der Waals surface area contributed by atoms with E-state index in [0.29, 0.717) is 5.92 Å². The summed E-state index contributed by atoms with van der Waals surface area (Å²) < 4.78 is 0. The van der Waals surface area contributed by atoms with Crippen molar-refractivity contribution in [2.75, 3.05) is 0 Å². The van der Waals surface area contributed by atoms with Gasteiger partial charge in [0.15, 0.2) is 0 Å². The van der Waals surface area contributed by atoms with E-state index >= 15 is 0 Å². The van der Waals surface area contributed by atoms with E-state index in [4.69, 9.17) is 0 Å². The highest BCUT2D eigenvalue weighted by atomic mass is 16.2. The van der Waals surface area contributed by atoms with Gasteiger partial charge in [-0.3, -0.25) is 4.79 Å². The molecule has 23 heavy (non-hydrogen) atoms. The summed E-state index contributed by atoms with van der Waals surface area (Å²) in [5.41, 5.74) is 4.03. The predicted molar refractivity (Wildman–Crippen MR) is 93.2 cm³/mol. The van der Waals surface area contributed by atoms with Crippen molar-refractivity contribution in [1.29, 1.82) is 0 Å². The topological polar surface area (TPSA) is 41.5 Å². The first kappa shape index (κ1) is 14.4. The van der Waals surface area contributed by atoms with Gasteiger partial charge in [-0.2, -0.15) is 5.10 Å². The zero-order valence-corrected chi connectivity index (χ0v) is 13.5. The average Bonchev–Trinajstić information content (AvgIpc) is 3.20. The Bertz CT molecular complexity index is 777. The normalized spacial score (nSPS) is 29.4. The van der Waals surface area contributed by atoms with Gasteiger partial charge >= 0.3 is 0 Å². The van der Waals surface area contributed by atoms with Gasteiger partial charge in [-0.25, -0.2) is 5.43 Å². The SMILES string of the molecule is C[C@]12CCCC[C@H]1[C@H]2C(=O)N/N=C/c1cccc2ccccc12. The maximum Gasteiger partial charge on any atom is 0.244 e. The fraction of sp³-hybridized carbons (Fsp3) is 0.400. The minimum Gasteiger partial charge on any atom is -0.273 e. The van der Waals surface area contributed by atoms with Gasteiger partial charge in [0.2, 0.25) is 5.91 Å². The van der Waals surface area contributed by atoms with E-state index in [2.05, 4.69) is 35.7 Å². The maximum atomic E-state index is 12.4. The van der Waals surface area contributed by atoms with Gasteiger partial charge in [0.25, 0.3) is 0 Å². The third-order valence-corrected chi connectivity index (χ3v) is 5.82. The fourth-order valence-electron chi connectivity index (χ4n) is 4.45. The van der Waals surface area contributed by atoms with Gasteiger partial charge in [-0.1, -0.05) is 62.2 Å². The van der Waals surface area contributed by atoms with Gasteiger partial charge in [0, 0.05) is 11.5 Å². The van der Waals surface area contributed by atoms with Gasteiger partial charge in [-0.15, -0.1) is 0 Å². The van der Waals surface area contributed by atoms with Crippen LogP contribution in [0.3, 0.4) is 0 Å². The zero-order valence-electron chi connectivity index (χ0n) is 13.5. The maximum absolute atomic E-state index is 12.4. The van der Waals surface area contributed by atoms with Crippen LogP contribution in [0.4, 0.5) is 0 Å². The Hall–Kier alpha value is -2.16. The average molecular weight is 306 g/mol. The smallest absolute Gasteiger partial charge is 0.244 e. The van der Waals surface area contributed by atoms with Crippen LogP contribution in [0.25, 0.3) is 10.8 Å². The van der Waals surface area contributed by atoms with Crippen LogP contribution in [-0.4, -0.2) is 12.1 Å². The lowest BCUT2D eigenvalue weighted by Gasteiger charge is -2.15. The molecule has 2 fully saturated rings. The van der Waals surface area contributed by atoms with E-state index in [0.717, 1.165) is 10.9 Å². The number of amides is 1. The summed E-state index contributed by atoms with van der Waals surface area (Å²) in [6.07, 6.45) is 6.67. The highest BCUT2D eigenvalue weighted by Gasteiger charge is 2.64. The van der Waals surface area contributed by atoms with Crippen LogP contribution >= 0.6 is 0 Å². The molecule has 3 heteroatoms. The molecule has 0 aromatic heterocycles. The van der Waals surface area contributed by atoms with E-state index in [9.17, 15) is 4.79 Å². The molecule has 2 aromatic carbocycles. The van der Waals surface area contributed by atoms with Crippen LogP contribution in [0.15, 0.2) is 47.6 Å². The molecular weight excluding hydrogens is 284 g/mol. The second kappa shape index (κ2) is 5.48. The van der Waals surface area contributed by atoms with Crippen LogP contribution in [0, 0.1) is 17.3 Å². The van der Waals surface area contributed by atoms with Crippen molar-refractivity contribution in [3.8, 4) is 0 Å². The number of carbonyl (C=O) groups excluding carboxylic acids is 1.